The average molecular weight is 444 g/mol. The van der Waals surface area contributed by atoms with Gasteiger partial charge in [-0.25, -0.2) is 4.98 Å². The summed E-state index contributed by atoms with van der Waals surface area (Å²) in [7, 11) is 1.57. The number of carbonyl (C=O) groups excluding carboxylic acids is 1. The van der Waals surface area contributed by atoms with Gasteiger partial charge in [0.25, 0.3) is 5.91 Å². The van der Waals surface area contributed by atoms with Crippen molar-refractivity contribution in [3.63, 3.8) is 0 Å². The molecule has 0 atom stereocenters. The molecule has 168 valence electrons. The first kappa shape index (κ1) is 20.8. The van der Waals surface area contributed by atoms with E-state index in [-0.39, 0.29) is 11.7 Å². The van der Waals surface area contributed by atoms with Crippen LogP contribution in [-0.4, -0.2) is 36.1 Å². The van der Waals surface area contributed by atoms with E-state index in [1.165, 1.54) is 12.8 Å². The maximum atomic E-state index is 12.7. The number of hydrogen-bond acceptors (Lipinski definition) is 7. The van der Waals surface area contributed by atoms with Crippen LogP contribution in [0.15, 0.2) is 59.0 Å². The highest BCUT2D eigenvalue weighted by molar-refractivity contribution is 6.05. The molecular formula is C25H25N5O3. The number of nitrogens with one attached hydrogen (secondary N) is 2. The van der Waals surface area contributed by atoms with Crippen molar-refractivity contribution in [2.24, 2.45) is 0 Å². The molecule has 5 rings (SSSR count). The van der Waals surface area contributed by atoms with Crippen molar-refractivity contribution in [3.05, 3.63) is 66.1 Å². The van der Waals surface area contributed by atoms with Crippen LogP contribution in [0.4, 0.5) is 23.1 Å². The smallest absolute Gasteiger partial charge is 0.291 e. The van der Waals surface area contributed by atoms with E-state index in [1.54, 1.807) is 19.2 Å². The predicted molar refractivity (Wildman–Crippen MR) is 129 cm³/mol. The zero-order valence-electron chi connectivity index (χ0n) is 18.6. The molecule has 0 aliphatic carbocycles. The number of rotatable bonds is 6. The number of para-hydroxylation sites is 1. The second-order valence-corrected chi connectivity index (χ2v) is 8.03. The normalized spacial score (nSPS) is 13.3. The molecule has 2 aromatic carbocycles. The minimum atomic E-state index is -0.328. The lowest BCUT2D eigenvalue weighted by Crippen LogP contribution is -2.19. The Balaban J connectivity index is 1.28. The summed E-state index contributed by atoms with van der Waals surface area (Å²) in [4.78, 5) is 24.1. The lowest BCUT2D eigenvalue weighted by Gasteiger charge is -2.17. The predicted octanol–water partition coefficient (Wildman–Crippen LogP) is 5.14. The van der Waals surface area contributed by atoms with Crippen LogP contribution >= 0.6 is 0 Å². The molecule has 0 saturated carbocycles. The van der Waals surface area contributed by atoms with Gasteiger partial charge in [0, 0.05) is 41.6 Å². The number of ether oxygens (including phenoxy) is 1. The summed E-state index contributed by atoms with van der Waals surface area (Å²) in [6, 6.07) is 16.6. The first-order chi connectivity index (χ1) is 16.1. The second-order valence-electron chi connectivity index (χ2n) is 8.03. The van der Waals surface area contributed by atoms with E-state index in [0.29, 0.717) is 23.0 Å². The number of furan rings is 1. The Morgan fingerprint density at radius 2 is 1.79 bits per heavy atom. The van der Waals surface area contributed by atoms with Gasteiger partial charge in [0.05, 0.1) is 7.11 Å². The maximum Gasteiger partial charge on any atom is 0.291 e. The van der Waals surface area contributed by atoms with E-state index in [4.69, 9.17) is 9.15 Å². The molecule has 0 radical (unpaired) electrons. The van der Waals surface area contributed by atoms with Crippen LogP contribution in [0.25, 0.3) is 11.0 Å². The summed E-state index contributed by atoms with van der Waals surface area (Å²) in [6.07, 6.45) is 2.39. The quantitative estimate of drug-likeness (QED) is 0.426. The van der Waals surface area contributed by atoms with Gasteiger partial charge in [-0.1, -0.05) is 12.1 Å². The van der Waals surface area contributed by atoms with Gasteiger partial charge in [0.15, 0.2) is 17.1 Å². The van der Waals surface area contributed by atoms with Crippen molar-refractivity contribution in [1.82, 2.24) is 9.97 Å². The maximum absolute atomic E-state index is 12.7. The van der Waals surface area contributed by atoms with Crippen molar-refractivity contribution in [2.75, 3.05) is 35.7 Å². The zero-order valence-corrected chi connectivity index (χ0v) is 18.6. The first-order valence-electron chi connectivity index (χ1n) is 10.9. The third-order valence-corrected chi connectivity index (χ3v) is 5.62. The Labute approximate surface area is 191 Å². The Bertz CT molecular complexity index is 1290. The van der Waals surface area contributed by atoms with Gasteiger partial charge in [0.2, 0.25) is 5.95 Å². The second kappa shape index (κ2) is 8.82. The fraction of sp³-hybridized carbons (Fsp3) is 0.240. The number of carbonyl (C=O) groups is 1. The van der Waals surface area contributed by atoms with Crippen molar-refractivity contribution in [1.29, 1.82) is 0 Å². The number of aromatic nitrogens is 2. The molecule has 2 N–H and O–H groups in total. The topological polar surface area (TPSA) is 92.5 Å². The van der Waals surface area contributed by atoms with Gasteiger partial charge >= 0.3 is 0 Å². The number of anilines is 4. The van der Waals surface area contributed by atoms with Crippen molar-refractivity contribution >= 4 is 40.0 Å². The Morgan fingerprint density at radius 3 is 2.55 bits per heavy atom. The largest absolute Gasteiger partial charge is 0.493 e. The fourth-order valence-electron chi connectivity index (χ4n) is 3.98. The van der Waals surface area contributed by atoms with Gasteiger partial charge in [-0.2, -0.15) is 4.98 Å². The van der Waals surface area contributed by atoms with Crippen LogP contribution in [-0.2, 0) is 0 Å². The molecule has 1 saturated heterocycles. The zero-order chi connectivity index (χ0) is 22.8. The standard InChI is InChI=1S/C25H25N5O3/c1-16-14-22(30-12-3-4-13-30)29-25(26-16)28-19-10-8-18(9-11-19)27-24(31)21-15-17-6-5-7-20(32-2)23(17)33-21/h5-11,14-15H,3-4,12-13H2,1-2H3,(H,27,31)(H,26,28,29). The van der Waals surface area contributed by atoms with Crippen molar-refractivity contribution in [2.45, 2.75) is 19.8 Å². The van der Waals surface area contributed by atoms with E-state index in [0.717, 1.165) is 35.7 Å². The van der Waals surface area contributed by atoms with Crippen LogP contribution in [0, 0.1) is 6.92 Å². The minimum absolute atomic E-state index is 0.222. The summed E-state index contributed by atoms with van der Waals surface area (Å²) in [5.74, 6) is 2.00. The molecule has 3 heterocycles. The number of benzene rings is 2. The molecule has 1 fully saturated rings. The minimum Gasteiger partial charge on any atom is -0.493 e. The average Bonchev–Trinajstić information content (AvgIpc) is 3.50. The molecule has 8 heteroatoms. The number of aryl methyl sites for hydroxylation is 1. The highest BCUT2D eigenvalue weighted by Gasteiger charge is 2.16. The lowest BCUT2D eigenvalue weighted by molar-refractivity contribution is 0.0998. The molecule has 0 unspecified atom stereocenters. The van der Waals surface area contributed by atoms with Crippen LogP contribution in [0.2, 0.25) is 0 Å². The van der Waals surface area contributed by atoms with E-state index in [9.17, 15) is 4.79 Å². The fourth-order valence-corrected chi connectivity index (χ4v) is 3.98. The molecule has 1 aliphatic heterocycles. The van der Waals surface area contributed by atoms with E-state index < -0.39 is 0 Å². The highest BCUT2D eigenvalue weighted by atomic mass is 16.5. The van der Waals surface area contributed by atoms with Crippen molar-refractivity contribution in [3.8, 4) is 5.75 Å². The molecule has 4 aromatic rings. The van der Waals surface area contributed by atoms with Gasteiger partial charge < -0.3 is 24.7 Å². The first-order valence-corrected chi connectivity index (χ1v) is 10.9. The third kappa shape index (κ3) is 4.45. The number of hydrogen-bond donors (Lipinski definition) is 2. The number of amides is 1. The summed E-state index contributed by atoms with van der Waals surface area (Å²) in [5, 5.41) is 6.93. The third-order valence-electron chi connectivity index (χ3n) is 5.62. The molecule has 8 nitrogen and oxygen atoms in total. The summed E-state index contributed by atoms with van der Waals surface area (Å²) < 4.78 is 11.0. The van der Waals surface area contributed by atoms with E-state index in [1.807, 2.05) is 49.4 Å². The molecule has 33 heavy (non-hydrogen) atoms. The monoisotopic (exact) mass is 443 g/mol. The summed E-state index contributed by atoms with van der Waals surface area (Å²) >= 11 is 0. The number of fused-ring (bicyclic) bond motifs is 1. The van der Waals surface area contributed by atoms with Crippen LogP contribution < -0.4 is 20.3 Å². The molecular weight excluding hydrogens is 418 g/mol. The highest BCUT2D eigenvalue weighted by Crippen LogP contribution is 2.29. The molecule has 2 aromatic heterocycles. The van der Waals surface area contributed by atoms with Crippen LogP contribution in [0.1, 0.15) is 29.1 Å². The van der Waals surface area contributed by atoms with Gasteiger partial charge in [0.1, 0.15) is 5.82 Å². The number of methoxy groups -OCH3 is 1. The van der Waals surface area contributed by atoms with Crippen LogP contribution in [0.5, 0.6) is 5.75 Å². The Kier molecular flexibility index (Phi) is 5.56. The molecule has 0 spiro atoms. The molecule has 1 amide bonds. The lowest BCUT2D eigenvalue weighted by atomic mass is 10.2. The number of nitrogens with zero attached hydrogens (tertiary/aromatic N) is 3. The Morgan fingerprint density at radius 1 is 1.03 bits per heavy atom. The van der Waals surface area contributed by atoms with Crippen molar-refractivity contribution < 1.29 is 13.9 Å². The summed E-state index contributed by atoms with van der Waals surface area (Å²) in [5.41, 5.74) is 2.96. The molecule has 1 aliphatic rings. The van der Waals surface area contributed by atoms with Gasteiger partial charge in [-0.3, -0.25) is 4.79 Å². The van der Waals surface area contributed by atoms with E-state index in [2.05, 4.69) is 25.5 Å². The van der Waals surface area contributed by atoms with E-state index >= 15 is 0 Å². The molecule has 0 bridgehead atoms. The SMILES string of the molecule is COc1cccc2cc(C(=O)Nc3ccc(Nc4nc(C)cc(N5CCCC5)n4)cc3)oc12. The van der Waals surface area contributed by atoms with Gasteiger partial charge in [-0.05, 0) is 56.2 Å². The Hall–Kier alpha value is -4.07. The van der Waals surface area contributed by atoms with Crippen LogP contribution in [0.3, 0.4) is 0 Å². The van der Waals surface area contributed by atoms with Gasteiger partial charge in [-0.15, -0.1) is 0 Å². The summed E-state index contributed by atoms with van der Waals surface area (Å²) in [6.45, 7) is 4.03.